The summed E-state index contributed by atoms with van der Waals surface area (Å²) >= 11 is 12.1. The monoisotopic (exact) mass is 383 g/mol. The third-order valence-corrected chi connectivity index (χ3v) is 5.76. The number of ketones is 1. The SMILES string of the molecule is C=CCOc1cc(Cl)c(Cl)cc1C(=O)[C@H]1C[C@@H]2CN(C(=O)O)C[C@@H]2C1. The summed E-state index contributed by atoms with van der Waals surface area (Å²) in [4.78, 5) is 25.5. The molecule has 134 valence electrons. The minimum Gasteiger partial charge on any atom is -0.489 e. The van der Waals surface area contributed by atoms with E-state index in [4.69, 9.17) is 33.0 Å². The lowest BCUT2D eigenvalue weighted by Gasteiger charge is -2.17. The van der Waals surface area contributed by atoms with Crippen molar-refractivity contribution in [3.05, 3.63) is 40.4 Å². The summed E-state index contributed by atoms with van der Waals surface area (Å²) in [7, 11) is 0. The molecule has 1 heterocycles. The van der Waals surface area contributed by atoms with Crippen molar-refractivity contribution in [1.29, 1.82) is 0 Å². The number of carbonyl (C=O) groups is 2. The molecule has 5 nitrogen and oxygen atoms in total. The minimum absolute atomic E-state index is 0.0195. The first-order valence-electron chi connectivity index (χ1n) is 8.15. The smallest absolute Gasteiger partial charge is 0.407 e. The summed E-state index contributed by atoms with van der Waals surface area (Å²) in [5.74, 6) is 0.724. The van der Waals surface area contributed by atoms with Crippen LogP contribution in [-0.2, 0) is 0 Å². The zero-order valence-corrected chi connectivity index (χ0v) is 15.1. The Hall–Kier alpha value is -1.72. The molecule has 7 heteroatoms. The summed E-state index contributed by atoms with van der Waals surface area (Å²) < 4.78 is 5.58. The van der Waals surface area contributed by atoms with Crippen LogP contribution in [0.15, 0.2) is 24.8 Å². The molecular formula is C18H19Cl2NO4. The molecule has 0 spiro atoms. The highest BCUT2D eigenvalue weighted by atomic mass is 35.5. The second kappa shape index (κ2) is 7.26. The van der Waals surface area contributed by atoms with Gasteiger partial charge in [-0.15, -0.1) is 0 Å². The Bertz CT molecular complexity index is 707. The largest absolute Gasteiger partial charge is 0.489 e. The van der Waals surface area contributed by atoms with Gasteiger partial charge < -0.3 is 14.7 Å². The Morgan fingerprint density at radius 2 is 1.84 bits per heavy atom. The van der Waals surface area contributed by atoms with E-state index in [1.165, 1.54) is 4.90 Å². The zero-order chi connectivity index (χ0) is 18.1. The molecule has 2 fully saturated rings. The average Bonchev–Trinajstić information content (AvgIpc) is 3.13. The molecule has 0 aromatic heterocycles. The van der Waals surface area contributed by atoms with E-state index in [0.29, 0.717) is 47.3 Å². The second-order valence-corrected chi connectivity index (χ2v) is 7.42. The highest BCUT2D eigenvalue weighted by molar-refractivity contribution is 6.42. The molecule has 1 N–H and O–H groups in total. The lowest BCUT2D eigenvalue weighted by molar-refractivity contribution is 0.0910. The molecule has 1 aromatic carbocycles. The van der Waals surface area contributed by atoms with Crippen LogP contribution in [0.2, 0.25) is 10.0 Å². The highest BCUT2D eigenvalue weighted by Crippen LogP contribution is 2.44. The maximum absolute atomic E-state index is 13.0. The van der Waals surface area contributed by atoms with E-state index in [1.54, 1.807) is 18.2 Å². The number of ether oxygens (including phenoxy) is 1. The molecule has 3 atom stereocenters. The van der Waals surface area contributed by atoms with Crippen molar-refractivity contribution in [3.8, 4) is 5.75 Å². The van der Waals surface area contributed by atoms with E-state index in [1.807, 2.05) is 0 Å². The van der Waals surface area contributed by atoms with Gasteiger partial charge in [-0.05, 0) is 30.7 Å². The minimum atomic E-state index is -0.887. The van der Waals surface area contributed by atoms with Crippen LogP contribution < -0.4 is 4.74 Å². The molecule has 1 saturated heterocycles. The number of rotatable bonds is 5. The predicted octanol–water partition coefficient (Wildman–Crippen LogP) is 4.38. The molecule has 1 saturated carbocycles. The molecule has 3 rings (SSSR count). The van der Waals surface area contributed by atoms with E-state index >= 15 is 0 Å². The van der Waals surface area contributed by atoms with Gasteiger partial charge in [-0.1, -0.05) is 35.9 Å². The number of amides is 1. The van der Waals surface area contributed by atoms with Gasteiger partial charge in [0.05, 0.1) is 15.6 Å². The lowest BCUT2D eigenvalue weighted by Crippen LogP contribution is -2.28. The van der Waals surface area contributed by atoms with Crippen molar-refractivity contribution in [1.82, 2.24) is 4.90 Å². The fourth-order valence-corrected chi connectivity index (χ4v) is 4.20. The number of halogens is 2. The molecule has 1 amide bonds. The van der Waals surface area contributed by atoms with Gasteiger partial charge in [0.1, 0.15) is 12.4 Å². The quantitative estimate of drug-likeness (QED) is 0.605. The van der Waals surface area contributed by atoms with E-state index < -0.39 is 6.09 Å². The van der Waals surface area contributed by atoms with Gasteiger partial charge >= 0.3 is 6.09 Å². The second-order valence-electron chi connectivity index (χ2n) is 6.60. The van der Waals surface area contributed by atoms with Crippen LogP contribution in [0.25, 0.3) is 0 Å². The Morgan fingerprint density at radius 3 is 2.40 bits per heavy atom. The number of carboxylic acid groups (broad SMARTS) is 1. The molecule has 0 radical (unpaired) electrons. The van der Waals surface area contributed by atoms with Crippen LogP contribution in [0.4, 0.5) is 4.79 Å². The van der Waals surface area contributed by atoms with Crippen LogP contribution in [0, 0.1) is 17.8 Å². The predicted molar refractivity (Wildman–Crippen MR) is 95.8 cm³/mol. The molecule has 0 bridgehead atoms. The Morgan fingerprint density at radius 1 is 1.24 bits per heavy atom. The van der Waals surface area contributed by atoms with Crippen molar-refractivity contribution >= 4 is 35.1 Å². The third-order valence-electron chi connectivity index (χ3n) is 5.04. The first-order chi connectivity index (χ1) is 11.9. The lowest BCUT2D eigenvalue weighted by atomic mass is 9.94. The van der Waals surface area contributed by atoms with Gasteiger partial charge in [0.15, 0.2) is 5.78 Å². The molecular weight excluding hydrogens is 365 g/mol. The Balaban J connectivity index is 1.77. The molecule has 0 unspecified atom stereocenters. The summed E-state index contributed by atoms with van der Waals surface area (Å²) in [6, 6.07) is 3.12. The van der Waals surface area contributed by atoms with Crippen molar-refractivity contribution in [2.24, 2.45) is 17.8 Å². The van der Waals surface area contributed by atoms with Crippen LogP contribution in [0.5, 0.6) is 5.75 Å². The van der Waals surface area contributed by atoms with Crippen LogP contribution in [0.1, 0.15) is 23.2 Å². The van der Waals surface area contributed by atoms with E-state index in [0.717, 1.165) is 0 Å². The van der Waals surface area contributed by atoms with Gasteiger partial charge in [-0.25, -0.2) is 4.79 Å². The number of benzene rings is 1. The summed E-state index contributed by atoms with van der Waals surface area (Å²) in [6.45, 7) is 4.88. The van der Waals surface area contributed by atoms with Gasteiger partial charge in [-0.3, -0.25) is 4.79 Å². The van der Waals surface area contributed by atoms with Crippen molar-refractivity contribution in [2.75, 3.05) is 19.7 Å². The summed E-state index contributed by atoms with van der Waals surface area (Å²) in [5.41, 5.74) is 0.427. The third kappa shape index (κ3) is 3.62. The topological polar surface area (TPSA) is 66.8 Å². The number of likely N-dealkylation sites (tertiary alicyclic amines) is 1. The van der Waals surface area contributed by atoms with Gasteiger partial charge in [0.25, 0.3) is 0 Å². The van der Waals surface area contributed by atoms with E-state index in [2.05, 4.69) is 6.58 Å². The molecule has 1 aliphatic carbocycles. The molecule has 1 aromatic rings. The van der Waals surface area contributed by atoms with Gasteiger partial charge in [-0.2, -0.15) is 0 Å². The normalized spacial score (nSPS) is 24.9. The van der Waals surface area contributed by atoms with Crippen LogP contribution >= 0.6 is 23.2 Å². The number of carbonyl (C=O) groups excluding carboxylic acids is 1. The standard InChI is InChI=1S/C18H19Cl2NO4/c1-2-3-25-16-7-15(20)14(19)6-13(16)17(22)10-4-11-8-21(18(23)24)9-12(11)5-10/h2,6-7,10-12H,1,3-5,8-9H2,(H,23,24)/t10-,11+,12-. The summed E-state index contributed by atoms with van der Waals surface area (Å²) in [5, 5.41) is 9.75. The van der Waals surface area contributed by atoms with Crippen LogP contribution in [0.3, 0.4) is 0 Å². The molecule has 2 aliphatic rings. The number of hydrogen-bond donors (Lipinski definition) is 1. The number of hydrogen-bond acceptors (Lipinski definition) is 3. The molecule has 25 heavy (non-hydrogen) atoms. The maximum Gasteiger partial charge on any atom is 0.407 e. The van der Waals surface area contributed by atoms with Crippen molar-refractivity contribution < 1.29 is 19.4 Å². The molecule has 1 aliphatic heterocycles. The number of fused-ring (bicyclic) bond motifs is 1. The van der Waals surface area contributed by atoms with Crippen molar-refractivity contribution in [3.63, 3.8) is 0 Å². The Kier molecular flexibility index (Phi) is 5.25. The number of Topliss-reactive ketones (excluding diaryl/α,β-unsaturated/α-hetero) is 1. The van der Waals surface area contributed by atoms with Gasteiger partial charge in [0, 0.05) is 25.1 Å². The van der Waals surface area contributed by atoms with Crippen molar-refractivity contribution in [2.45, 2.75) is 12.8 Å². The van der Waals surface area contributed by atoms with Gasteiger partial charge in [0.2, 0.25) is 0 Å². The van der Waals surface area contributed by atoms with E-state index in [9.17, 15) is 9.59 Å². The number of nitrogens with zero attached hydrogens (tertiary/aromatic N) is 1. The highest BCUT2D eigenvalue weighted by Gasteiger charge is 2.45. The fourth-order valence-electron chi connectivity index (χ4n) is 3.88. The van der Waals surface area contributed by atoms with Crippen LogP contribution in [-0.4, -0.2) is 41.6 Å². The fraction of sp³-hybridized carbons (Fsp3) is 0.444. The first kappa shape index (κ1) is 18.1. The average molecular weight is 384 g/mol. The maximum atomic E-state index is 13.0. The Labute approximate surface area is 156 Å². The first-order valence-corrected chi connectivity index (χ1v) is 8.91. The zero-order valence-electron chi connectivity index (χ0n) is 13.6. The van der Waals surface area contributed by atoms with E-state index in [-0.39, 0.29) is 30.1 Å². The summed E-state index contributed by atoms with van der Waals surface area (Å²) in [6.07, 6.45) is 2.09.